The molecule has 48 heavy (non-hydrogen) atoms. The van der Waals surface area contributed by atoms with E-state index < -0.39 is 0 Å². The second-order valence-corrected chi connectivity index (χ2v) is 12.2. The maximum atomic E-state index is 6.37. The molecule has 0 saturated heterocycles. The van der Waals surface area contributed by atoms with Gasteiger partial charge in [-0.25, -0.2) is 9.97 Å². The van der Waals surface area contributed by atoms with Crippen molar-refractivity contribution in [2.75, 3.05) is 0 Å². The molecule has 0 unspecified atom stereocenters. The van der Waals surface area contributed by atoms with Crippen molar-refractivity contribution in [3.63, 3.8) is 0 Å². The van der Waals surface area contributed by atoms with Crippen molar-refractivity contribution in [1.29, 1.82) is 0 Å². The van der Waals surface area contributed by atoms with E-state index in [1.54, 1.807) is 0 Å². The molecule has 0 aliphatic heterocycles. The Labute approximate surface area is 276 Å². The molecule has 0 saturated carbocycles. The van der Waals surface area contributed by atoms with Gasteiger partial charge < -0.3 is 4.42 Å². The zero-order valence-corrected chi connectivity index (χ0v) is 25.8. The van der Waals surface area contributed by atoms with Gasteiger partial charge in [0.2, 0.25) is 5.71 Å². The Kier molecular flexibility index (Phi) is 5.84. The first kappa shape index (κ1) is 26.7. The van der Waals surface area contributed by atoms with Crippen LogP contribution < -0.4 is 0 Å². The predicted molar refractivity (Wildman–Crippen MR) is 197 cm³/mol. The summed E-state index contributed by atoms with van der Waals surface area (Å²) in [6.07, 6.45) is 0. The topological polar surface area (TPSA) is 43.9 Å². The molecule has 0 atom stereocenters. The molecule has 0 amide bonds. The fraction of sp³-hybridized carbons (Fsp3) is 0. The van der Waals surface area contributed by atoms with E-state index in [2.05, 4.69) is 150 Å². The van der Waals surface area contributed by atoms with Crippen LogP contribution >= 0.6 is 0 Å². The Morgan fingerprint density at radius 2 is 1.00 bits per heavy atom. The predicted octanol–water partition coefficient (Wildman–Crippen LogP) is 11.6. The van der Waals surface area contributed by atoms with Crippen LogP contribution in [0.1, 0.15) is 0 Å². The minimum atomic E-state index is 0.521. The van der Waals surface area contributed by atoms with Gasteiger partial charge in [-0.05, 0) is 81.6 Å². The summed E-state index contributed by atoms with van der Waals surface area (Å²) in [5, 5.41) is 5.68. The number of rotatable bonds is 4. The average Bonchev–Trinajstić information content (AvgIpc) is 3.68. The van der Waals surface area contributed by atoms with E-state index in [4.69, 9.17) is 14.4 Å². The largest absolute Gasteiger partial charge is 0.436 e. The monoisotopic (exact) mass is 613 g/mol. The molecule has 7 aromatic carbocycles. The number of furan rings is 1. The molecule has 4 heteroatoms. The van der Waals surface area contributed by atoms with E-state index >= 15 is 0 Å². The molecule has 224 valence electrons. The molecule has 3 heterocycles. The second-order valence-electron chi connectivity index (χ2n) is 12.2. The second kappa shape index (κ2) is 10.5. The first-order chi connectivity index (χ1) is 23.8. The van der Waals surface area contributed by atoms with Crippen LogP contribution in [0.2, 0.25) is 0 Å². The van der Waals surface area contributed by atoms with Crippen LogP contribution in [0.3, 0.4) is 0 Å². The highest BCUT2D eigenvalue weighted by molar-refractivity contribution is 6.14. The molecule has 4 nitrogen and oxygen atoms in total. The van der Waals surface area contributed by atoms with Crippen LogP contribution in [0.4, 0.5) is 0 Å². The summed E-state index contributed by atoms with van der Waals surface area (Å²) in [6.45, 7) is 0. The number of hydrogen-bond donors (Lipinski definition) is 0. The minimum absolute atomic E-state index is 0.521. The highest BCUT2D eigenvalue weighted by atomic mass is 16.3. The molecular weight excluding hydrogens is 587 g/mol. The maximum Gasteiger partial charge on any atom is 0.247 e. The molecule has 0 aliphatic carbocycles. The van der Waals surface area contributed by atoms with Crippen molar-refractivity contribution in [2.24, 2.45) is 0 Å². The zero-order valence-electron chi connectivity index (χ0n) is 25.8. The number of hydrogen-bond acceptors (Lipinski definition) is 3. The quantitative estimate of drug-likeness (QED) is 0.198. The van der Waals surface area contributed by atoms with Crippen molar-refractivity contribution < 1.29 is 4.42 Å². The lowest BCUT2D eigenvalue weighted by Gasteiger charge is -2.15. The summed E-state index contributed by atoms with van der Waals surface area (Å²) in [4.78, 5) is 10.8. The lowest BCUT2D eigenvalue weighted by atomic mass is 9.95. The van der Waals surface area contributed by atoms with E-state index in [1.165, 1.54) is 21.5 Å². The fourth-order valence-corrected chi connectivity index (χ4v) is 7.10. The van der Waals surface area contributed by atoms with Crippen LogP contribution in [-0.2, 0) is 0 Å². The van der Waals surface area contributed by atoms with Gasteiger partial charge in [0.15, 0.2) is 5.82 Å². The first-order valence-corrected chi connectivity index (χ1v) is 16.2. The third kappa shape index (κ3) is 4.16. The Bertz CT molecular complexity index is 2770. The van der Waals surface area contributed by atoms with Crippen molar-refractivity contribution in [3.8, 4) is 39.3 Å². The molecule has 10 aromatic rings. The van der Waals surface area contributed by atoms with E-state index in [-0.39, 0.29) is 0 Å². The molecule has 0 N–H and O–H groups in total. The van der Waals surface area contributed by atoms with Gasteiger partial charge in [0.1, 0.15) is 16.8 Å². The Morgan fingerprint density at radius 3 is 1.73 bits per heavy atom. The lowest BCUT2D eigenvalue weighted by molar-refractivity contribution is 0.653. The SMILES string of the molecule is c1ccc(-c2cc(-c3ccccc3)cc(-c3nc4oc5ccccc5c4nc3-n3c4ccccc4c4cc5ccccc5cc43)c2)cc1. The Hall–Kier alpha value is -6.52. The summed E-state index contributed by atoms with van der Waals surface area (Å²) in [6, 6.07) is 57.5. The maximum absolute atomic E-state index is 6.37. The third-order valence-electron chi connectivity index (χ3n) is 9.37. The molecule has 0 fully saturated rings. The minimum Gasteiger partial charge on any atom is -0.436 e. The highest BCUT2D eigenvalue weighted by Gasteiger charge is 2.23. The standard InChI is InChI=1S/C44H27N3O/c1-3-13-28(14-4-1)32-23-33(29-15-5-2-6-16-29)25-34(24-32)41-43(45-42-36-20-10-12-22-40(36)48-44(42)46-41)47-38-21-11-9-19-35(38)37-26-30-17-7-8-18-31(30)27-39(37)47/h1-27H. The van der Waals surface area contributed by atoms with Gasteiger partial charge >= 0.3 is 0 Å². The van der Waals surface area contributed by atoms with Crippen LogP contribution in [0.15, 0.2) is 168 Å². The van der Waals surface area contributed by atoms with Gasteiger partial charge in [0.05, 0.1) is 11.0 Å². The first-order valence-electron chi connectivity index (χ1n) is 16.2. The molecule has 0 radical (unpaired) electrons. The van der Waals surface area contributed by atoms with Crippen molar-refractivity contribution >= 4 is 54.8 Å². The summed E-state index contributed by atoms with van der Waals surface area (Å²) < 4.78 is 8.66. The summed E-state index contributed by atoms with van der Waals surface area (Å²) >= 11 is 0. The van der Waals surface area contributed by atoms with Gasteiger partial charge in [-0.1, -0.05) is 115 Å². The number of fused-ring (bicyclic) bond motifs is 7. The van der Waals surface area contributed by atoms with Gasteiger partial charge in [-0.3, -0.25) is 4.57 Å². The summed E-state index contributed by atoms with van der Waals surface area (Å²) in [7, 11) is 0. The molecular formula is C44H27N3O. The number of benzene rings is 7. The van der Waals surface area contributed by atoms with E-state index in [0.29, 0.717) is 5.71 Å². The number of aromatic nitrogens is 3. The smallest absolute Gasteiger partial charge is 0.247 e. The number of para-hydroxylation sites is 2. The van der Waals surface area contributed by atoms with Gasteiger partial charge in [0, 0.05) is 21.7 Å². The van der Waals surface area contributed by atoms with Crippen molar-refractivity contribution in [3.05, 3.63) is 164 Å². The van der Waals surface area contributed by atoms with Crippen LogP contribution in [0, 0.1) is 0 Å². The van der Waals surface area contributed by atoms with Crippen LogP contribution in [-0.4, -0.2) is 14.5 Å². The molecule has 0 aliphatic rings. The van der Waals surface area contributed by atoms with Crippen LogP contribution in [0.5, 0.6) is 0 Å². The van der Waals surface area contributed by atoms with Crippen LogP contribution in [0.25, 0.3) is 94.1 Å². The molecule has 0 spiro atoms. The number of nitrogens with zero attached hydrogens (tertiary/aromatic N) is 3. The molecule has 3 aromatic heterocycles. The van der Waals surface area contributed by atoms with E-state index in [9.17, 15) is 0 Å². The van der Waals surface area contributed by atoms with E-state index in [0.717, 1.165) is 66.8 Å². The normalized spacial score (nSPS) is 11.8. The summed E-state index contributed by atoms with van der Waals surface area (Å²) in [5.41, 5.74) is 10.4. The zero-order chi connectivity index (χ0) is 31.6. The Morgan fingerprint density at radius 1 is 0.417 bits per heavy atom. The summed E-state index contributed by atoms with van der Waals surface area (Å²) in [5.74, 6) is 0.764. The van der Waals surface area contributed by atoms with Crippen molar-refractivity contribution in [1.82, 2.24) is 14.5 Å². The Balaban J connectivity index is 1.35. The molecule has 10 rings (SSSR count). The fourth-order valence-electron chi connectivity index (χ4n) is 7.10. The van der Waals surface area contributed by atoms with Crippen molar-refractivity contribution in [2.45, 2.75) is 0 Å². The third-order valence-corrected chi connectivity index (χ3v) is 9.37. The van der Waals surface area contributed by atoms with Gasteiger partial charge in [-0.2, -0.15) is 0 Å². The highest BCUT2D eigenvalue weighted by Crippen LogP contribution is 2.40. The average molecular weight is 614 g/mol. The molecule has 0 bridgehead atoms. The van der Waals surface area contributed by atoms with Gasteiger partial charge in [0.25, 0.3) is 0 Å². The van der Waals surface area contributed by atoms with E-state index in [1.807, 2.05) is 18.2 Å². The van der Waals surface area contributed by atoms with Gasteiger partial charge in [-0.15, -0.1) is 0 Å². The lowest BCUT2D eigenvalue weighted by Crippen LogP contribution is -2.03.